The summed E-state index contributed by atoms with van der Waals surface area (Å²) < 4.78 is 7.04. The molecule has 4 rings (SSSR count). The number of carbonyl (C=O) groups is 4. The molecule has 2 aromatic carbocycles. The highest BCUT2D eigenvalue weighted by atomic mass is 32.2. The Morgan fingerprint density at radius 1 is 1.03 bits per heavy atom. The van der Waals surface area contributed by atoms with E-state index in [0.29, 0.717) is 11.3 Å². The van der Waals surface area contributed by atoms with Crippen molar-refractivity contribution in [2.75, 3.05) is 11.9 Å². The lowest BCUT2D eigenvalue weighted by Gasteiger charge is -2.21. The van der Waals surface area contributed by atoms with E-state index in [9.17, 15) is 19.2 Å². The fourth-order valence-electron chi connectivity index (χ4n) is 3.79. The predicted molar refractivity (Wildman–Crippen MR) is 140 cm³/mol. The summed E-state index contributed by atoms with van der Waals surface area (Å²) in [5, 5.41) is 3.19. The Morgan fingerprint density at radius 2 is 1.72 bits per heavy atom. The van der Waals surface area contributed by atoms with Gasteiger partial charge in [0.05, 0.1) is 4.91 Å². The van der Waals surface area contributed by atoms with Gasteiger partial charge in [-0.3, -0.25) is 24.1 Å². The minimum Gasteiger partial charge on any atom is -0.459 e. The minimum absolute atomic E-state index is 0.0718. The smallest absolute Gasteiger partial charge is 0.326 e. The number of nitrogens with zero attached hydrogens (tertiary/aromatic N) is 2. The van der Waals surface area contributed by atoms with Crippen molar-refractivity contribution in [3.8, 4) is 0 Å². The number of carbonyl (C=O) groups excluding carboxylic acids is 4. The summed E-state index contributed by atoms with van der Waals surface area (Å²) >= 11 is 0.773. The maximum Gasteiger partial charge on any atom is 0.326 e. The number of para-hydroxylation sites is 1. The van der Waals surface area contributed by atoms with Crippen molar-refractivity contribution in [1.29, 1.82) is 0 Å². The quantitative estimate of drug-likeness (QED) is 0.375. The van der Waals surface area contributed by atoms with E-state index in [2.05, 4.69) is 5.32 Å². The number of hydrogen-bond donors (Lipinski definition) is 1. The Balaban J connectivity index is 1.55. The van der Waals surface area contributed by atoms with Crippen LogP contribution in [0.25, 0.3) is 17.0 Å². The largest absolute Gasteiger partial charge is 0.459 e. The number of hydrogen-bond acceptors (Lipinski definition) is 6. The van der Waals surface area contributed by atoms with Crippen LogP contribution in [-0.2, 0) is 25.7 Å². The minimum atomic E-state index is -0.720. The third-order valence-corrected chi connectivity index (χ3v) is 6.24. The first-order chi connectivity index (χ1) is 17.0. The van der Waals surface area contributed by atoms with Crippen molar-refractivity contribution in [2.24, 2.45) is 0 Å². The number of amides is 3. The first-order valence-corrected chi connectivity index (χ1v) is 12.2. The molecule has 9 heteroatoms. The van der Waals surface area contributed by atoms with Crippen LogP contribution in [-0.4, -0.2) is 44.6 Å². The summed E-state index contributed by atoms with van der Waals surface area (Å²) in [6, 6.07) is 15.1. The van der Waals surface area contributed by atoms with Gasteiger partial charge in [-0.1, -0.05) is 35.9 Å². The summed E-state index contributed by atoms with van der Waals surface area (Å²) in [7, 11) is 0. The van der Waals surface area contributed by atoms with E-state index in [1.165, 1.54) is 0 Å². The number of esters is 1. The van der Waals surface area contributed by atoms with Crippen LogP contribution in [0.2, 0.25) is 0 Å². The zero-order valence-corrected chi connectivity index (χ0v) is 21.3. The molecule has 0 radical (unpaired) electrons. The Bertz CT molecular complexity index is 1380. The van der Waals surface area contributed by atoms with E-state index in [-0.39, 0.29) is 17.4 Å². The first-order valence-electron chi connectivity index (χ1n) is 11.4. The maximum atomic E-state index is 12.9. The molecule has 0 aliphatic carbocycles. The van der Waals surface area contributed by atoms with Gasteiger partial charge in [0.2, 0.25) is 5.91 Å². The molecule has 1 aliphatic heterocycles. The summed E-state index contributed by atoms with van der Waals surface area (Å²) in [6.45, 7) is 6.76. The van der Waals surface area contributed by atoms with Crippen LogP contribution in [0.5, 0.6) is 0 Å². The maximum absolute atomic E-state index is 12.9. The highest BCUT2D eigenvalue weighted by Gasteiger charge is 2.37. The number of nitrogens with one attached hydrogen (secondary N) is 1. The van der Waals surface area contributed by atoms with Gasteiger partial charge in [-0.25, -0.2) is 0 Å². The summed E-state index contributed by atoms with van der Waals surface area (Å²) in [5.74, 6) is -1.39. The lowest BCUT2D eigenvalue weighted by Crippen LogP contribution is -2.37. The van der Waals surface area contributed by atoms with Crippen molar-refractivity contribution in [2.45, 2.75) is 39.8 Å². The molecule has 1 aromatic heterocycles. The molecule has 1 fully saturated rings. The van der Waals surface area contributed by atoms with Gasteiger partial charge in [0, 0.05) is 28.4 Å². The number of ether oxygens (including phenoxy) is 1. The van der Waals surface area contributed by atoms with Crippen LogP contribution in [0.4, 0.5) is 10.5 Å². The lowest BCUT2D eigenvalue weighted by atomic mass is 10.1. The average Bonchev–Trinajstić information content (AvgIpc) is 3.26. The van der Waals surface area contributed by atoms with E-state index in [0.717, 1.165) is 33.1 Å². The zero-order chi connectivity index (χ0) is 26.0. The molecule has 186 valence electrons. The summed E-state index contributed by atoms with van der Waals surface area (Å²) in [6.07, 6.45) is 3.40. The number of thioether (sulfide) groups is 1. The molecule has 1 N–H and O–H groups in total. The van der Waals surface area contributed by atoms with Crippen molar-refractivity contribution in [1.82, 2.24) is 9.47 Å². The van der Waals surface area contributed by atoms with Crippen molar-refractivity contribution in [3.05, 3.63) is 70.8 Å². The van der Waals surface area contributed by atoms with Gasteiger partial charge in [0.15, 0.2) is 0 Å². The van der Waals surface area contributed by atoms with Gasteiger partial charge >= 0.3 is 5.97 Å². The van der Waals surface area contributed by atoms with Crippen LogP contribution in [0, 0.1) is 6.92 Å². The molecular weight excluding hydrogens is 478 g/mol. The van der Waals surface area contributed by atoms with Crippen LogP contribution < -0.4 is 5.32 Å². The van der Waals surface area contributed by atoms with Crippen LogP contribution in [0.1, 0.15) is 31.9 Å². The van der Waals surface area contributed by atoms with Crippen LogP contribution in [0.15, 0.2) is 59.6 Å². The molecule has 8 nitrogen and oxygen atoms in total. The van der Waals surface area contributed by atoms with E-state index in [1.807, 2.05) is 55.5 Å². The molecule has 0 unspecified atom stereocenters. The van der Waals surface area contributed by atoms with Gasteiger partial charge in [-0.05, 0) is 63.7 Å². The predicted octanol–water partition coefficient (Wildman–Crippen LogP) is 4.97. The van der Waals surface area contributed by atoms with E-state index in [1.54, 1.807) is 37.6 Å². The van der Waals surface area contributed by atoms with Gasteiger partial charge in [0.1, 0.15) is 18.7 Å². The third kappa shape index (κ3) is 5.85. The second-order valence-electron chi connectivity index (χ2n) is 9.50. The number of fused-ring (bicyclic) bond motifs is 1. The Kier molecular flexibility index (Phi) is 7.03. The molecule has 0 spiro atoms. The van der Waals surface area contributed by atoms with Gasteiger partial charge in [-0.2, -0.15) is 0 Å². The molecule has 2 heterocycles. The normalized spacial score (nSPS) is 15.1. The highest BCUT2D eigenvalue weighted by Crippen LogP contribution is 2.34. The van der Waals surface area contributed by atoms with Crippen molar-refractivity contribution < 1.29 is 23.9 Å². The van der Waals surface area contributed by atoms with Crippen LogP contribution in [0.3, 0.4) is 0 Å². The third-order valence-electron chi connectivity index (χ3n) is 5.34. The highest BCUT2D eigenvalue weighted by molar-refractivity contribution is 8.18. The molecule has 3 aromatic rings. The van der Waals surface area contributed by atoms with Gasteiger partial charge in [0.25, 0.3) is 11.1 Å². The molecular formula is C27H27N3O5S. The Morgan fingerprint density at radius 3 is 2.42 bits per heavy atom. The number of benzene rings is 2. The Hall–Kier alpha value is -3.85. The van der Waals surface area contributed by atoms with E-state index >= 15 is 0 Å². The fraction of sp³-hybridized carbons (Fsp3) is 0.259. The van der Waals surface area contributed by atoms with Gasteiger partial charge in [-0.15, -0.1) is 0 Å². The molecule has 0 atom stereocenters. The lowest BCUT2D eigenvalue weighted by molar-refractivity contribution is -0.156. The second-order valence-corrected chi connectivity index (χ2v) is 10.5. The number of imide groups is 1. The molecule has 1 saturated heterocycles. The van der Waals surface area contributed by atoms with Gasteiger partial charge < -0.3 is 14.6 Å². The second kappa shape index (κ2) is 10.0. The summed E-state index contributed by atoms with van der Waals surface area (Å²) in [4.78, 5) is 51.3. The molecule has 0 bridgehead atoms. The van der Waals surface area contributed by atoms with Crippen LogP contribution >= 0.6 is 11.8 Å². The number of aromatic nitrogens is 1. The first kappa shape index (κ1) is 25.2. The van der Waals surface area contributed by atoms with Crippen molar-refractivity contribution >= 4 is 57.5 Å². The Labute approximate surface area is 213 Å². The monoisotopic (exact) mass is 505 g/mol. The average molecular weight is 506 g/mol. The molecule has 1 aliphatic rings. The fourth-order valence-corrected chi connectivity index (χ4v) is 4.62. The number of aryl methyl sites for hydroxylation is 1. The standard InChI is InChI=1S/C27H27N3O5S/c1-17-9-11-19(12-10-17)28-23(31)15-29-14-18(20-7-5-6-8-21(20)29)13-22-25(33)30(26(34)36-22)16-24(32)35-27(2,3)4/h5-14H,15-16H2,1-4H3,(H,28,31). The van der Waals surface area contributed by atoms with Crippen molar-refractivity contribution in [3.63, 3.8) is 0 Å². The van der Waals surface area contributed by atoms with E-state index < -0.39 is 29.3 Å². The molecule has 0 saturated carbocycles. The summed E-state index contributed by atoms with van der Waals surface area (Å²) in [5.41, 5.74) is 2.60. The topological polar surface area (TPSA) is 97.7 Å². The zero-order valence-electron chi connectivity index (χ0n) is 20.5. The van der Waals surface area contributed by atoms with E-state index in [4.69, 9.17) is 4.74 Å². The molecule has 3 amide bonds. The molecule has 36 heavy (non-hydrogen) atoms. The number of anilines is 1. The SMILES string of the molecule is Cc1ccc(NC(=O)Cn2cc(C=C3SC(=O)N(CC(=O)OC(C)(C)C)C3=O)c3ccccc32)cc1. The number of rotatable bonds is 6.